The molecule has 3 N–H and O–H groups in total. The number of rotatable bonds is 5. The van der Waals surface area contributed by atoms with Gasteiger partial charge in [0.15, 0.2) is 9.84 Å². The average Bonchev–Trinajstić information content (AvgIpc) is 2.12. The van der Waals surface area contributed by atoms with Crippen molar-refractivity contribution in [1.82, 2.24) is 10.6 Å². The largest absolute Gasteiger partial charge is 0.480 e. The Kier molecular flexibility index (Phi) is 5.40. The van der Waals surface area contributed by atoms with Gasteiger partial charge in [-0.3, -0.25) is 4.79 Å². The van der Waals surface area contributed by atoms with Gasteiger partial charge in [0.1, 0.15) is 6.54 Å². The van der Waals surface area contributed by atoms with E-state index in [9.17, 15) is 18.0 Å². The predicted octanol–water partition coefficient (Wildman–Crippen LogP) is -0.416. The standard InChI is InChI=1S/C9H18N2O5S/c1-9(2,3)17(15,16)5-4-10-8(14)11-6-7(12)13/h4-6H2,1-3H3,(H,12,13)(H2,10,11,14). The fourth-order valence-electron chi connectivity index (χ4n) is 0.824. The maximum atomic E-state index is 11.6. The van der Waals surface area contributed by atoms with Gasteiger partial charge in [0.25, 0.3) is 0 Å². The molecule has 0 aliphatic rings. The maximum Gasteiger partial charge on any atom is 0.323 e. The minimum Gasteiger partial charge on any atom is -0.480 e. The van der Waals surface area contributed by atoms with Crippen LogP contribution in [-0.2, 0) is 14.6 Å². The van der Waals surface area contributed by atoms with Crippen LogP contribution >= 0.6 is 0 Å². The summed E-state index contributed by atoms with van der Waals surface area (Å²) in [5.41, 5.74) is 0. The fourth-order valence-corrected chi connectivity index (χ4v) is 1.81. The van der Waals surface area contributed by atoms with E-state index in [2.05, 4.69) is 10.6 Å². The second-order valence-corrected chi connectivity index (χ2v) is 7.30. The Bertz CT molecular complexity index is 383. The third-order valence-corrected chi connectivity index (χ3v) is 4.60. The number of carbonyl (C=O) groups is 2. The van der Waals surface area contributed by atoms with Crippen LogP contribution in [0.2, 0.25) is 0 Å². The summed E-state index contributed by atoms with van der Waals surface area (Å²) in [4.78, 5) is 21.1. The second kappa shape index (κ2) is 5.85. The first kappa shape index (κ1) is 15.7. The van der Waals surface area contributed by atoms with Crippen molar-refractivity contribution in [1.29, 1.82) is 0 Å². The quantitative estimate of drug-likeness (QED) is 0.625. The Labute approximate surface area is 101 Å². The molecule has 0 aliphatic carbocycles. The molecular formula is C9H18N2O5S. The fraction of sp³-hybridized carbons (Fsp3) is 0.778. The number of aliphatic carboxylic acids is 1. The van der Waals surface area contributed by atoms with E-state index in [1.807, 2.05) is 0 Å². The Morgan fingerprint density at radius 2 is 1.71 bits per heavy atom. The van der Waals surface area contributed by atoms with E-state index in [4.69, 9.17) is 5.11 Å². The summed E-state index contributed by atoms with van der Waals surface area (Å²) in [7, 11) is -3.28. The van der Waals surface area contributed by atoms with Crippen LogP contribution < -0.4 is 10.6 Å². The minimum absolute atomic E-state index is 0.0505. The van der Waals surface area contributed by atoms with Crippen molar-refractivity contribution in [2.24, 2.45) is 0 Å². The van der Waals surface area contributed by atoms with Gasteiger partial charge in [0, 0.05) is 6.54 Å². The molecule has 0 saturated carbocycles. The van der Waals surface area contributed by atoms with Gasteiger partial charge in [-0.05, 0) is 20.8 Å². The van der Waals surface area contributed by atoms with E-state index in [-0.39, 0.29) is 12.3 Å². The number of hydrogen-bond acceptors (Lipinski definition) is 4. The van der Waals surface area contributed by atoms with Gasteiger partial charge < -0.3 is 15.7 Å². The number of urea groups is 1. The summed E-state index contributed by atoms with van der Waals surface area (Å²) in [6.07, 6.45) is 0. The number of carboxylic acids is 1. The molecule has 0 bridgehead atoms. The molecule has 0 aliphatic heterocycles. The summed E-state index contributed by atoms with van der Waals surface area (Å²) in [6.45, 7) is 4.18. The van der Waals surface area contributed by atoms with E-state index < -0.39 is 33.1 Å². The maximum absolute atomic E-state index is 11.6. The zero-order valence-electron chi connectivity index (χ0n) is 10.1. The molecule has 0 rings (SSSR count). The van der Waals surface area contributed by atoms with E-state index in [1.165, 1.54) is 0 Å². The molecule has 0 aromatic heterocycles. The lowest BCUT2D eigenvalue weighted by Crippen LogP contribution is -2.42. The summed E-state index contributed by atoms with van der Waals surface area (Å²) in [6, 6.07) is -0.698. The lowest BCUT2D eigenvalue weighted by atomic mass is 10.3. The molecule has 0 aromatic carbocycles. The highest BCUT2D eigenvalue weighted by Gasteiger charge is 2.28. The predicted molar refractivity (Wildman–Crippen MR) is 62.6 cm³/mol. The first-order valence-corrected chi connectivity index (χ1v) is 6.67. The molecule has 17 heavy (non-hydrogen) atoms. The number of sulfone groups is 1. The van der Waals surface area contributed by atoms with Crippen LogP contribution in [0, 0.1) is 0 Å². The number of nitrogens with one attached hydrogen (secondary N) is 2. The van der Waals surface area contributed by atoms with Gasteiger partial charge >= 0.3 is 12.0 Å². The van der Waals surface area contributed by atoms with Gasteiger partial charge in [-0.15, -0.1) is 0 Å². The van der Waals surface area contributed by atoms with Gasteiger partial charge in [-0.25, -0.2) is 13.2 Å². The number of hydrogen-bond donors (Lipinski definition) is 3. The van der Waals surface area contributed by atoms with Crippen molar-refractivity contribution >= 4 is 21.8 Å². The number of amides is 2. The second-order valence-electron chi connectivity index (χ2n) is 4.43. The highest BCUT2D eigenvalue weighted by Crippen LogP contribution is 2.14. The normalized spacial score (nSPS) is 11.9. The molecule has 7 nitrogen and oxygen atoms in total. The van der Waals surface area contributed by atoms with E-state index in [0.717, 1.165) is 0 Å². The van der Waals surface area contributed by atoms with Gasteiger partial charge in [0.05, 0.1) is 10.5 Å². The zero-order valence-corrected chi connectivity index (χ0v) is 10.9. The van der Waals surface area contributed by atoms with Crippen LogP contribution in [0.1, 0.15) is 20.8 Å². The first-order valence-electron chi connectivity index (χ1n) is 5.02. The lowest BCUT2D eigenvalue weighted by molar-refractivity contribution is -0.135. The summed E-state index contributed by atoms with van der Waals surface area (Å²) in [5.74, 6) is -1.35. The number of carbonyl (C=O) groups excluding carboxylic acids is 1. The van der Waals surface area contributed by atoms with Gasteiger partial charge in [-0.1, -0.05) is 0 Å². The molecule has 0 aromatic rings. The molecule has 8 heteroatoms. The highest BCUT2D eigenvalue weighted by atomic mass is 32.2. The SMILES string of the molecule is CC(C)(C)S(=O)(=O)CCNC(=O)NCC(=O)O. The molecule has 0 radical (unpaired) electrons. The van der Waals surface area contributed by atoms with E-state index in [0.29, 0.717) is 0 Å². The van der Waals surface area contributed by atoms with E-state index >= 15 is 0 Å². The third kappa shape index (κ3) is 6.10. The monoisotopic (exact) mass is 266 g/mol. The third-order valence-electron chi connectivity index (χ3n) is 1.99. The Balaban J connectivity index is 4.01. The van der Waals surface area contributed by atoms with Crippen molar-refractivity contribution in [3.8, 4) is 0 Å². The van der Waals surface area contributed by atoms with Crippen LogP contribution in [-0.4, -0.2) is 49.1 Å². The Morgan fingerprint density at radius 3 is 2.12 bits per heavy atom. The number of carboxylic acid groups (broad SMARTS) is 1. The molecule has 0 atom stereocenters. The molecule has 100 valence electrons. The van der Waals surface area contributed by atoms with Crippen LogP contribution in [0.15, 0.2) is 0 Å². The molecule has 0 heterocycles. The Hall–Kier alpha value is -1.31. The molecule has 0 saturated heterocycles. The molecular weight excluding hydrogens is 248 g/mol. The summed E-state index contributed by atoms with van der Waals surface area (Å²) in [5, 5.41) is 12.6. The van der Waals surface area contributed by atoms with Crippen LogP contribution in [0.5, 0.6) is 0 Å². The zero-order chi connectivity index (χ0) is 13.7. The Morgan fingerprint density at radius 1 is 1.18 bits per heavy atom. The van der Waals surface area contributed by atoms with Crippen molar-refractivity contribution in [3.63, 3.8) is 0 Å². The summed E-state index contributed by atoms with van der Waals surface area (Å²) >= 11 is 0. The van der Waals surface area contributed by atoms with Gasteiger partial charge in [0.2, 0.25) is 0 Å². The highest BCUT2D eigenvalue weighted by molar-refractivity contribution is 7.92. The molecule has 2 amide bonds. The smallest absolute Gasteiger partial charge is 0.323 e. The van der Waals surface area contributed by atoms with E-state index in [1.54, 1.807) is 20.8 Å². The molecule has 0 spiro atoms. The van der Waals surface area contributed by atoms with Gasteiger partial charge in [-0.2, -0.15) is 0 Å². The van der Waals surface area contributed by atoms with Crippen molar-refractivity contribution in [2.75, 3.05) is 18.8 Å². The lowest BCUT2D eigenvalue weighted by Gasteiger charge is -2.19. The topological polar surface area (TPSA) is 113 Å². The molecule has 0 unspecified atom stereocenters. The summed E-state index contributed by atoms with van der Waals surface area (Å²) < 4.78 is 22.4. The average molecular weight is 266 g/mol. The van der Waals surface area contributed by atoms with Crippen LogP contribution in [0.4, 0.5) is 4.79 Å². The van der Waals surface area contributed by atoms with Crippen molar-refractivity contribution in [2.45, 2.75) is 25.5 Å². The first-order chi connectivity index (χ1) is 7.56. The minimum atomic E-state index is -3.28. The van der Waals surface area contributed by atoms with Crippen molar-refractivity contribution < 1.29 is 23.1 Å². The molecule has 0 fully saturated rings. The van der Waals surface area contributed by atoms with Crippen molar-refractivity contribution in [3.05, 3.63) is 0 Å². The van der Waals surface area contributed by atoms with Crippen LogP contribution in [0.3, 0.4) is 0 Å². The van der Waals surface area contributed by atoms with Crippen LogP contribution in [0.25, 0.3) is 0 Å².